The maximum absolute atomic E-state index is 13.6. The molecule has 10 heteroatoms. The fraction of sp³-hybridized carbons (Fsp3) is 0.156. The van der Waals surface area contributed by atoms with Gasteiger partial charge in [0.1, 0.15) is 17.5 Å². The summed E-state index contributed by atoms with van der Waals surface area (Å²) in [6, 6.07) is 21.4. The van der Waals surface area contributed by atoms with E-state index in [-0.39, 0.29) is 35.0 Å². The Morgan fingerprint density at radius 1 is 0.667 bits per heavy atom. The number of piperazine rings is 1. The van der Waals surface area contributed by atoms with E-state index < -0.39 is 23.4 Å². The predicted octanol–water partition coefficient (Wildman–Crippen LogP) is 5.25. The molecule has 4 aromatic rings. The van der Waals surface area contributed by atoms with E-state index in [1.54, 1.807) is 35.2 Å². The van der Waals surface area contributed by atoms with Gasteiger partial charge in [-0.25, -0.2) is 13.2 Å². The third-order valence-electron chi connectivity index (χ3n) is 6.93. The number of amides is 3. The van der Waals surface area contributed by atoms with Crippen molar-refractivity contribution in [2.45, 2.75) is 6.54 Å². The van der Waals surface area contributed by atoms with E-state index in [2.05, 4.69) is 10.6 Å². The molecular weight excluding hydrogens is 545 g/mol. The van der Waals surface area contributed by atoms with Gasteiger partial charge in [-0.2, -0.15) is 0 Å². The van der Waals surface area contributed by atoms with Gasteiger partial charge in [0, 0.05) is 55.2 Å². The third kappa shape index (κ3) is 6.77. The van der Waals surface area contributed by atoms with E-state index in [0.29, 0.717) is 43.1 Å². The first-order valence-corrected chi connectivity index (χ1v) is 13.3. The van der Waals surface area contributed by atoms with Crippen LogP contribution in [0.3, 0.4) is 0 Å². The molecule has 1 saturated heterocycles. The van der Waals surface area contributed by atoms with Crippen molar-refractivity contribution in [3.05, 3.63) is 131 Å². The van der Waals surface area contributed by atoms with Crippen molar-refractivity contribution in [2.24, 2.45) is 0 Å². The molecule has 4 aromatic carbocycles. The maximum atomic E-state index is 13.6. The van der Waals surface area contributed by atoms with Gasteiger partial charge in [-0.3, -0.25) is 14.4 Å². The lowest BCUT2D eigenvalue weighted by Gasteiger charge is -2.37. The van der Waals surface area contributed by atoms with Gasteiger partial charge >= 0.3 is 0 Å². The highest BCUT2D eigenvalue weighted by molar-refractivity contribution is 6.06. The minimum Gasteiger partial charge on any atom is -0.367 e. The Labute approximate surface area is 240 Å². The summed E-state index contributed by atoms with van der Waals surface area (Å²) >= 11 is 0. The number of anilines is 2. The zero-order valence-electron chi connectivity index (χ0n) is 22.4. The molecule has 1 aliphatic rings. The van der Waals surface area contributed by atoms with Crippen molar-refractivity contribution >= 4 is 29.1 Å². The van der Waals surface area contributed by atoms with E-state index >= 15 is 0 Å². The van der Waals surface area contributed by atoms with Crippen molar-refractivity contribution in [1.29, 1.82) is 0 Å². The van der Waals surface area contributed by atoms with E-state index in [4.69, 9.17) is 0 Å². The van der Waals surface area contributed by atoms with Crippen LogP contribution in [0.25, 0.3) is 0 Å². The van der Waals surface area contributed by atoms with Crippen LogP contribution in [0.5, 0.6) is 0 Å². The number of carbonyl (C=O) groups is 3. The van der Waals surface area contributed by atoms with Gasteiger partial charge in [-0.1, -0.05) is 24.3 Å². The molecule has 0 aromatic heterocycles. The smallest absolute Gasteiger partial charge is 0.255 e. The first-order chi connectivity index (χ1) is 20.3. The Kier molecular flexibility index (Phi) is 8.52. The lowest BCUT2D eigenvalue weighted by molar-refractivity contribution is 0.0745. The summed E-state index contributed by atoms with van der Waals surface area (Å²) in [6.07, 6.45) is 0. The number of carbonyl (C=O) groups excluding carboxylic acids is 3. The topological polar surface area (TPSA) is 81.8 Å². The second-order valence-electron chi connectivity index (χ2n) is 9.80. The van der Waals surface area contributed by atoms with Gasteiger partial charge in [0.25, 0.3) is 17.7 Å². The van der Waals surface area contributed by atoms with Crippen molar-refractivity contribution in [3.63, 3.8) is 0 Å². The number of nitrogens with zero attached hydrogens (tertiary/aromatic N) is 2. The predicted molar refractivity (Wildman–Crippen MR) is 153 cm³/mol. The Bertz CT molecular complexity index is 1620. The Hall–Kier alpha value is -5.12. The summed E-state index contributed by atoms with van der Waals surface area (Å²) in [7, 11) is 0. The number of hydrogen-bond acceptors (Lipinski definition) is 4. The molecule has 7 nitrogen and oxygen atoms in total. The van der Waals surface area contributed by atoms with Crippen molar-refractivity contribution in [1.82, 2.24) is 10.2 Å². The highest BCUT2D eigenvalue weighted by atomic mass is 19.1. The van der Waals surface area contributed by atoms with Crippen LogP contribution in [0.15, 0.2) is 91.0 Å². The summed E-state index contributed by atoms with van der Waals surface area (Å²) in [6.45, 7) is 1.67. The number of nitrogens with one attached hydrogen (secondary N) is 2. The first-order valence-electron chi connectivity index (χ1n) is 13.3. The monoisotopic (exact) mass is 572 g/mol. The lowest BCUT2D eigenvalue weighted by atomic mass is 10.1. The van der Waals surface area contributed by atoms with Crippen LogP contribution < -0.4 is 15.5 Å². The molecule has 0 aliphatic carbocycles. The molecule has 1 fully saturated rings. The third-order valence-corrected chi connectivity index (χ3v) is 6.93. The minimum atomic E-state index is -0.547. The largest absolute Gasteiger partial charge is 0.367 e. The number of halogens is 3. The Balaban J connectivity index is 1.35. The fourth-order valence-electron chi connectivity index (χ4n) is 4.74. The maximum Gasteiger partial charge on any atom is 0.255 e. The molecule has 1 aliphatic heterocycles. The average molecular weight is 573 g/mol. The molecule has 214 valence electrons. The van der Waals surface area contributed by atoms with Crippen molar-refractivity contribution < 1.29 is 27.6 Å². The van der Waals surface area contributed by atoms with Crippen LogP contribution in [0, 0.1) is 17.5 Å². The SMILES string of the molecule is O=C(Nc1ccc(N2CCN(C(=O)c3cccc(F)c3)CC2)c(C(=O)NCc2ccc(F)cc2)c1)c1cccc(F)c1. The van der Waals surface area contributed by atoms with E-state index in [1.165, 1.54) is 54.6 Å². The Morgan fingerprint density at radius 2 is 1.31 bits per heavy atom. The zero-order valence-corrected chi connectivity index (χ0v) is 22.4. The quantitative estimate of drug-likeness (QED) is 0.317. The average Bonchev–Trinajstić information content (AvgIpc) is 3.00. The van der Waals surface area contributed by atoms with Crippen LogP contribution in [0.2, 0.25) is 0 Å². The molecule has 0 atom stereocenters. The zero-order chi connectivity index (χ0) is 29.6. The van der Waals surface area contributed by atoms with Gasteiger partial charge in [0.15, 0.2) is 0 Å². The van der Waals surface area contributed by atoms with Crippen LogP contribution >= 0.6 is 0 Å². The molecule has 0 radical (unpaired) electrons. The molecule has 2 N–H and O–H groups in total. The number of rotatable bonds is 7. The molecule has 42 heavy (non-hydrogen) atoms. The second kappa shape index (κ2) is 12.6. The standard InChI is InChI=1S/C32H27F3N4O3/c33-24-9-7-21(8-10-24)20-36-31(41)28-19-27(37-30(40)22-3-1-5-25(34)17-22)11-12-29(28)38-13-15-39(16-14-38)32(42)23-4-2-6-26(35)18-23/h1-12,17-19H,13-16,20H2,(H,36,41)(H,37,40). The number of hydrogen-bond donors (Lipinski definition) is 2. The highest BCUT2D eigenvalue weighted by Crippen LogP contribution is 2.27. The van der Waals surface area contributed by atoms with Gasteiger partial charge in [0.2, 0.25) is 0 Å². The summed E-state index contributed by atoms with van der Waals surface area (Å²) in [5, 5.41) is 5.54. The van der Waals surface area contributed by atoms with Gasteiger partial charge in [0.05, 0.1) is 5.56 Å². The summed E-state index contributed by atoms with van der Waals surface area (Å²) in [5.74, 6) is -2.65. The molecule has 5 rings (SSSR count). The van der Waals surface area contributed by atoms with Crippen molar-refractivity contribution in [3.8, 4) is 0 Å². The molecule has 0 spiro atoms. The van der Waals surface area contributed by atoms with Crippen molar-refractivity contribution in [2.75, 3.05) is 36.4 Å². The van der Waals surface area contributed by atoms with Crippen LogP contribution in [-0.2, 0) is 6.54 Å². The molecule has 0 bridgehead atoms. The van der Waals surface area contributed by atoms with E-state index in [0.717, 1.165) is 6.07 Å². The summed E-state index contributed by atoms with van der Waals surface area (Å²) in [4.78, 5) is 42.6. The summed E-state index contributed by atoms with van der Waals surface area (Å²) in [5.41, 5.74) is 2.29. The van der Waals surface area contributed by atoms with Gasteiger partial charge in [-0.15, -0.1) is 0 Å². The molecule has 1 heterocycles. The second-order valence-corrected chi connectivity index (χ2v) is 9.80. The molecular formula is C32H27F3N4O3. The first kappa shape index (κ1) is 28.4. The number of benzene rings is 4. The fourth-order valence-corrected chi connectivity index (χ4v) is 4.74. The summed E-state index contributed by atoms with van der Waals surface area (Å²) < 4.78 is 40.6. The lowest BCUT2D eigenvalue weighted by Crippen LogP contribution is -2.49. The minimum absolute atomic E-state index is 0.125. The highest BCUT2D eigenvalue weighted by Gasteiger charge is 2.25. The van der Waals surface area contributed by atoms with Gasteiger partial charge < -0.3 is 20.4 Å². The van der Waals surface area contributed by atoms with Gasteiger partial charge in [-0.05, 0) is 72.3 Å². The van der Waals surface area contributed by atoms with Crippen LogP contribution in [0.1, 0.15) is 36.6 Å². The van der Waals surface area contributed by atoms with Crippen LogP contribution in [-0.4, -0.2) is 48.8 Å². The van der Waals surface area contributed by atoms with E-state index in [1.807, 2.05) is 4.90 Å². The van der Waals surface area contributed by atoms with E-state index in [9.17, 15) is 27.6 Å². The van der Waals surface area contributed by atoms with Crippen LogP contribution in [0.4, 0.5) is 24.5 Å². The molecule has 0 unspecified atom stereocenters. The molecule has 3 amide bonds. The Morgan fingerprint density at radius 3 is 1.98 bits per heavy atom. The normalized spacial score (nSPS) is 13.0. The molecule has 0 saturated carbocycles.